The average molecular weight is 253 g/mol. The molecule has 0 aromatic heterocycles. The molecule has 1 aromatic rings. The third-order valence-corrected chi connectivity index (χ3v) is 3.57. The Morgan fingerprint density at radius 2 is 1.78 bits per heavy atom. The van der Waals surface area contributed by atoms with Crippen molar-refractivity contribution in [1.29, 1.82) is 0 Å². The van der Waals surface area contributed by atoms with E-state index in [1.807, 2.05) is 4.90 Å². The van der Waals surface area contributed by atoms with Gasteiger partial charge in [0.25, 0.3) is 0 Å². The van der Waals surface area contributed by atoms with Crippen molar-refractivity contribution in [2.24, 2.45) is 0 Å². The van der Waals surface area contributed by atoms with Gasteiger partial charge in [0.2, 0.25) is 0 Å². The summed E-state index contributed by atoms with van der Waals surface area (Å²) in [6, 6.07) is 4.13. The maximum atomic E-state index is 13.2. The van der Waals surface area contributed by atoms with Gasteiger partial charge in [0.05, 0.1) is 13.2 Å². The van der Waals surface area contributed by atoms with E-state index < -0.39 is 11.6 Å². The molecule has 0 radical (unpaired) electrons. The van der Waals surface area contributed by atoms with Crippen molar-refractivity contribution < 1.29 is 19.0 Å². The Bertz CT molecular complexity index is 416. The zero-order valence-electron chi connectivity index (χ0n) is 10.1. The number of piperidine rings is 1. The average Bonchev–Trinajstić information content (AvgIpc) is 2.77. The van der Waals surface area contributed by atoms with Gasteiger partial charge in [-0.05, 0) is 6.07 Å². The minimum atomic E-state index is -0.425. The molecule has 1 N–H and O–H groups in total. The van der Waals surface area contributed by atoms with Crippen LogP contribution in [0.1, 0.15) is 12.8 Å². The van der Waals surface area contributed by atoms with E-state index in [0.717, 1.165) is 32.0 Å². The Labute approximate surface area is 105 Å². The van der Waals surface area contributed by atoms with E-state index in [-0.39, 0.29) is 5.75 Å². The third-order valence-electron chi connectivity index (χ3n) is 3.57. The molecule has 0 aliphatic carbocycles. The summed E-state index contributed by atoms with van der Waals surface area (Å²) in [4.78, 5) is 2.04. The zero-order chi connectivity index (χ0) is 12.6. The number of phenolic OH excluding ortho intramolecular Hbond substituents is 1. The Hall–Kier alpha value is -1.33. The van der Waals surface area contributed by atoms with Gasteiger partial charge in [-0.1, -0.05) is 0 Å². The third kappa shape index (κ3) is 2.15. The Kier molecular flexibility index (Phi) is 2.87. The molecule has 5 heteroatoms. The summed E-state index contributed by atoms with van der Waals surface area (Å²) >= 11 is 0. The zero-order valence-corrected chi connectivity index (χ0v) is 10.1. The van der Waals surface area contributed by atoms with Gasteiger partial charge < -0.3 is 19.5 Å². The molecular weight excluding hydrogens is 237 g/mol. The molecule has 4 nitrogen and oxygen atoms in total. The van der Waals surface area contributed by atoms with Crippen LogP contribution < -0.4 is 4.90 Å². The van der Waals surface area contributed by atoms with E-state index in [1.54, 1.807) is 6.07 Å². The van der Waals surface area contributed by atoms with Gasteiger partial charge >= 0.3 is 0 Å². The van der Waals surface area contributed by atoms with E-state index in [2.05, 4.69) is 0 Å². The molecular formula is C13H16FNO3. The van der Waals surface area contributed by atoms with Gasteiger partial charge in [0.15, 0.2) is 5.79 Å². The fourth-order valence-corrected chi connectivity index (χ4v) is 2.63. The summed E-state index contributed by atoms with van der Waals surface area (Å²) < 4.78 is 24.5. The van der Waals surface area contributed by atoms with E-state index in [4.69, 9.17) is 9.47 Å². The van der Waals surface area contributed by atoms with Gasteiger partial charge in [-0.25, -0.2) is 4.39 Å². The van der Waals surface area contributed by atoms with Crippen LogP contribution in [0.4, 0.5) is 10.1 Å². The Balaban J connectivity index is 1.72. The maximum absolute atomic E-state index is 13.2. The monoisotopic (exact) mass is 253 g/mol. The van der Waals surface area contributed by atoms with Crippen LogP contribution in [0.25, 0.3) is 0 Å². The predicted octanol–water partition coefficient (Wildman–Crippen LogP) is 1.87. The van der Waals surface area contributed by atoms with Crippen molar-refractivity contribution in [3.63, 3.8) is 0 Å². The van der Waals surface area contributed by atoms with Crippen molar-refractivity contribution in [3.8, 4) is 5.75 Å². The first kappa shape index (κ1) is 11.7. The molecule has 0 unspecified atom stereocenters. The lowest BCUT2D eigenvalue weighted by Gasteiger charge is -2.38. The van der Waals surface area contributed by atoms with Crippen LogP contribution in [0.15, 0.2) is 18.2 Å². The fraction of sp³-hybridized carbons (Fsp3) is 0.538. The minimum absolute atomic E-state index is 0.0429. The lowest BCUT2D eigenvalue weighted by Crippen LogP contribution is -2.45. The largest absolute Gasteiger partial charge is 0.508 e. The van der Waals surface area contributed by atoms with Crippen molar-refractivity contribution in [2.45, 2.75) is 18.6 Å². The first-order valence-electron chi connectivity index (χ1n) is 6.19. The Morgan fingerprint density at radius 1 is 1.11 bits per heavy atom. The molecule has 2 aliphatic rings. The highest BCUT2D eigenvalue weighted by molar-refractivity contribution is 5.51. The maximum Gasteiger partial charge on any atom is 0.171 e. The van der Waals surface area contributed by atoms with Crippen LogP contribution in [0.5, 0.6) is 5.75 Å². The van der Waals surface area contributed by atoms with Crippen LogP contribution in [0.3, 0.4) is 0 Å². The number of nitrogens with zero attached hydrogens (tertiary/aromatic N) is 1. The van der Waals surface area contributed by atoms with Crippen molar-refractivity contribution in [3.05, 3.63) is 24.0 Å². The summed E-state index contributed by atoms with van der Waals surface area (Å²) in [7, 11) is 0. The van der Waals surface area contributed by atoms with Crippen molar-refractivity contribution in [2.75, 3.05) is 31.2 Å². The molecule has 2 heterocycles. The number of hydrogen-bond donors (Lipinski definition) is 1. The highest BCUT2D eigenvalue weighted by atomic mass is 19.1. The number of benzene rings is 1. The van der Waals surface area contributed by atoms with Crippen LogP contribution in [0, 0.1) is 5.82 Å². The van der Waals surface area contributed by atoms with E-state index in [9.17, 15) is 9.50 Å². The summed E-state index contributed by atoms with van der Waals surface area (Å²) in [5.74, 6) is -0.886. The number of rotatable bonds is 1. The SMILES string of the molecule is Oc1cc(F)cc(N2CCC3(CC2)OCCO3)c1. The normalized spacial score (nSPS) is 22.6. The van der Waals surface area contributed by atoms with Gasteiger partial charge in [-0.3, -0.25) is 0 Å². The standard InChI is InChI=1S/C13H16FNO3/c14-10-7-11(9-12(16)8-10)15-3-1-13(2-4-15)17-5-6-18-13/h7-9,16H,1-6H2. The van der Waals surface area contributed by atoms with E-state index in [1.165, 1.54) is 6.07 Å². The minimum Gasteiger partial charge on any atom is -0.508 e. The molecule has 18 heavy (non-hydrogen) atoms. The van der Waals surface area contributed by atoms with Crippen LogP contribution in [0.2, 0.25) is 0 Å². The molecule has 2 saturated heterocycles. The Morgan fingerprint density at radius 3 is 2.39 bits per heavy atom. The number of ether oxygens (including phenoxy) is 2. The molecule has 1 spiro atoms. The highest BCUT2D eigenvalue weighted by Crippen LogP contribution is 2.34. The molecule has 98 valence electrons. The van der Waals surface area contributed by atoms with Crippen LogP contribution in [-0.2, 0) is 9.47 Å². The molecule has 3 rings (SSSR count). The van der Waals surface area contributed by atoms with E-state index in [0.29, 0.717) is 18.9 Å². The lowest BCUT2D eigenvalue weighted by molar-refractivity contribution is -0.169. The number of phenols is 1. The predicted molar refractivity (Wildman–Crippen MR) is 64.1 cm³/mol. The second kappa shape index (κ2) is 4.40. The summed E-state index contributed by atoms with van der Waals surface area (Å²) in [6.45, 7) is 2.79. The lowest BCUT2D eigenvalue weighted by atomic mass is 10.0. The molecule has 0 amide bonds. The summed E-state index contributed by atoms with van der Waals surface area (Å²) in [5, 5.41) is 9.41. The second-order valence-electron chi connectivity index (χ2n) is 4.76. The summed E-state index contributed by atoms with van der Waals surface area (Å²) in [5.41, 5.74) is 0.709. The smallest absolute Gasteiger partial charge is 0.171 e. The molecule has 2 fully saturated rings. The molecule has 0 bridgehead atoms. The summed E-state index contributed by atoms with van der Waals surface area (Å²) in [6.07, 6.45) is 1.54. The molecule has 0 saturated carbocycles. The van der Waals surface area contributed by atoms with Gasteiger partial charge in [-0.15, -0.1) is 0 Å². The number of anilines is 1. The highest BCUT2D eigenvalue weighted by Gasteiger charge is 2.39. The molecule has 1 aromatic carbocycles. The second-order valence-corrected chi connectivity index (χ2v) is 4.76. The quantitative estimate of drug-likeness (QED) is 0.829. The van der Waals surface area contributed by atoms with E-state index >= 15 is 0 Å². The first-order valence-corrected chi connectivity index (χ1v) is 6.19. The topological polar surface area (TPSA) is 41.9 Å². The van der Waals surface area contributed by atoms with Crippen molar-refractivity contribution >= 4 is 5.69 Å². The first-order chi connectivity index (χ1) is 8.67. The van der Waals surface area contributed by atoms with Gasteiger partial charge in [-0.2, -0.15) is 0 Å². The fourth-order valence-electron chi connectivity index (χ4n) is 2.63. The van der Waals surface area contributed by atoms with Crippen molar-refractivity contribution in [1.82, 2.24) is 0 Å². The number of aromatic hydroxyl groups is 1. The van der Waals surface area contributed by atoms with Crippen LogP contribution in [-0.4, -0.2) is 37.2 Å². The number of halogens is 1. The van der Waals surface area contributed by atoms with Crippen LogP contribution >= 0.6 is 0 Å². The van der Waals surface area contributed by atoms with Gasteiger partial charge in [0.1, 0.15) is 11.6 Å². The molecule has 2 aliphatic heterocycles. The molecule has 0 atom stereocenters. The number of hydrogen-bond acceptors (Lipinski definition) is 4. The van der Waals surface area contributed by atoms with Gasteiger partial charge in [0, 0.05) is 43.8 Å².